The van der Waals surface area contributed by atoms with Gasteiger partial charge in [0.05, 0.1) is 0 Å². The smallest absolute Gasteiger partial charge is 0.191 e. The van der Waals surface area contributed by atoms with Crippen LogP contribution < -0.4 is 10.6 Å². The molecule has 6 heteroatoms. The van der Waals surface area contributed by atoms with Crippen LogP contribution in [-0.4, -0.2) is 56.0 Å². The minimum absolute atomic E-state index is 0. The summed E-state index contributed by atoms with van der Waals surface area (Å²) in [6.07, 6.45) is 0. The first kappa shape index (κ1) is 24.6. The Morgan fingerprint density at radius 3 is 2.17 bits per heavy atom. The molecule has 0 atom stereocenters. The third-order valence-electron chi connectivity index (χ3n) is 5.65. The molecule has 1 aliphatic rings. The van der Waals surface area contributed by atoms with Gasteiger partial charge in [-0.05, 0) is 43.1 Å². The molecule has 0 unspecified atom stereocenters. The Labute approximate surface area is 199 Å². The lowest BCUT2D eigenvalue weighted by atomic mass is 10.1. The number of rotatable bonds is 6. The van der Waals surface area contributed by atoms with Gasteiger partial charge in [0.15, 0.2) is 5.96 Å². The number of guanidine groups is 1. The highest BCUT2D eigenvalue weighted by Crippen LogP contribution is 2.11. The topological polar surface area (TPSA) is 42.9 Å². The molecule has 2 aromatic carbocycles. The highest BCUT2D eigenvalue weighted by molar-refractivity contribution is 14.0. The summed E-state index contributed by atoms with van der Waals surface area (Å²) in [5.41, 5.74) is 6.55. The Hall–Kier alpha value is -1.64. The Kier molecular flexibility index (Phi) is 10.1. The molecule has 0 radical (unpaired) electrons. The van der Waals surface area contributed by atoms with E-state index in [1.54, 1.807) is 0 Å². The molecule has 3 rings (SSSR count). The van der Waals surface area contributed by atoms with Crippen LogP contribution >= 0.6 is 24.0 Å². The number of benzene rings is 2. The molecule has 164 valence electrons. The first-order chi connectivity index (χ1) is 14.0. The number of nitrogens with one attached hydrogen (secondary N) is 2. The van der Waals surface area contributed by atoms with E-state index >= 15 is 0 Å². The predicted octanol–water partition coefficient (Wildman–Crippen LogP) is 3.53. The summed E-state index contributed by atoms with van der Waals surface area (Å²) in [6, 6.07) is 15.5. The van der Waals surface area contributed by atoms with Crippen molar-refractivity contribution in [2.45, 2.75) is 33.5 Å². The number of hydrogen-bond acceptors (Lipinski definition) is 3. The third-order valence-corrected chi connectivity index (χ3v) is 5.65. The van der Waals surface area contributed by atoms with E-state index in [-0.39, 0.29) is 24.0 Å². The number of nitrogens with zero attached hydrogens (tertiary/aromatic N) is 3. The van der Waals surface area contributed by atoms with E-state index in [1.165, 1.54) is 27.8 Å². The summed E-state index contributed by atoms with van der Waals surface area (Å²) in [6.45, 7) is 11.5. The maximum absolute atomic E-state index is 4.35. The van der Waals surface area contributed by atoms with Crippen molar-refractivity contribution >= 4 is 29.9 Å². The van der Waals surface area contributed by atoms with Crippen molar-refractivity contribution < 1.29 is 0 Å². The van der Waals surface area contributed by atoms with Crippen LogP contribution in [0.3, 0.4) is 0 Å². The van der Waals surface area contributed by atoms with E-state index in [2.05, 4.69) is 88.8 Å². The van der Waals surface area contributed by atoms with Crippen LogP contribution in [0.25, 0.3) is 0 Å². The first-order valence-corrected chi connectivity index (χ1v) is 10.5. The predicted molar refractivity (Wildman–Crippen MR) is 138 cm³/mol. The van der Waals surface area contributed by atoms with E-state index in [9.17, 15) is 0 Å². The average molecular weight is 521 g/mol. The van der Waals surface area contributed by atoms with Crippen LogP contribution in [-0.2, 0) is 19.6 Å². The minimum atomic E-state index is 0. The molecule has 0 bridgehead atoms. The summed E-state index contributed by atoms with van der Waals surface area (Å²) >= 11 is 0. The third kappa shape index (κ3) is 7.56. The van der Waals surface area contributed by atoms with E-state index in [4.69, 9.17) is 0 Å². The first-order valence-electron chi connectivity index (χ1n) is 10.5. The number of piperazine rings is 1. The summed E-state index contributed by atoms with van der Waals surface area (Å²) < 4.78 is 0. The van der Waals surface area contributed by atoms with Gasteiger partial charge in [0, 0.05) is 52.9 Å². The Bertz CT molecular complexity index is 811. The maximum Gasteiger partial charge on any atom is 0.191 e. The quantitative estimate of drug-likeness (QED) is 0.347. The molecule has 1 heterocycles. The molecular weight excluding hydrogens is 485 g/mol. The maximum atomic E-state index is 4.35. The van der Waals surface area contributed by atoms with Crippen LogP contribution in [0.15, 0.2) is 47.5 Å². The molecule has 30 heavy (non-hydrogen) atoms. The fourth-order valence-corrected chi connectivity index (χ4v) is 3.66. The van der Waals surface area contributed by atoms with Crippen molar-refractivity contribution in [3.05, 3.63) is 70.3 Å². The number of hydrogen-bond donors (Lipinski definition) is 2. The minimum Gasteiger partial charge on any atom is -0.352 e. The van der Waals surface area contributed by atoms with Crippen molar-refractivity contribution in [2.24, 2.45) is 4.99 Å². The molecule has 2 aromatic rings. The second-order valence-corrected chi connectivity index (χ2v) is 8.11. The van der Waals surface area contributed by atoms with E-state index in [1.807, 2.05) is 7.05 Å². The highest BCUT2D eigenvalue weighted by Gasteiger charge is 2.13. The Morgan fingerprint density at radius 2 is 1.53 bits per heavy atom. The van der Waals surface area contributed by atoms with Crippen LogP contribution in [0.5, 0.6) is 0 Å². The molecule has 0 saturated carbocycles. The standard InChI is InChI=1S/C24H35N5.HI/c1-19-5-10-23(20(2)15-19)17-27-24(25-3)26-16-21-6-8-22(9-7-21)18-29-13-11-28(4)12-14-29;/h5-10,15H,11-14,16-18H2,1-4H3,(H2,25,26,27);1H. The summed E-state index contributed by atoms with van der Waals surface area (Å²) in [4.78, 5) is 9.28. The highest BCUT2D eigenvalue weighted by atomic mass is 127. The van der Waals surface area contributed by atoms with Gasteiger partial charge in [-0.2, -0.15) is 0 Å². The van der Waals surface area contributed by atoms with Crippen LogP contribution in [0.1, 0.15) is 27.8 Å². The van der Waals surface area contributed by atoms with Gasteiger partial charge in [0.25, 0.3) is 0 Å². The fraction of sp³-hybridized carbons (Fsp3) is 0.458. The number of aryl methyl sites for hydroxylation is 2. The van der Waals surface area contributed by atoms with E-state index in [0.717, 1.165) is 51.8 Å². The van der Waals surface area contributed by atoms with Crippen LogP contribution in [0.2, 0.25) is 0 Å². The van der Waals surface area contributed by atoms with Crippen LogP contribution in [0.4, 0.5) is 0 Å². The SMILES string of the molecule is CN=C(NCc1ccc(CN2CCN(C)CC2)cc1)NCc1ccc(C)cc1C.I. The van der Waals surface area contributed by atoms with Gasteiger partial charge in [-0.25, -0.2) is 0 Å². The molecule has 1 aliphatic heterocycles. The molecule has 1 fully saturated rings. The Morgan fingerprint density at radius 1 is 0.900 bits per heavy atom. The summed E-state index contributed by atoms with van der Waals surface area (Å²) in [5.74, 6) is 0.825. The molecule has 0 aromatic heterocycles. The second-order valence-electron chi connectivity index (χ2n) is 8.11. The van der Waals surface area contributed by atoms with Crippen molar-refractivity contribution in [1.82, 2.24) is 20.4 Å². The average Bonchev–Trinajstić information content (AvgIpc) is 2.72. The van der Waals surface area contributed by atoms with Crippen molar-refractivity contribution in [3.8, 4) is 0 Å². The zero-order valence-electron chi connectivity index (χ0n) is 18.7. The van der Waals surface area contributed by atoms with Crippen molar-refractivity contribution in [3.63, 3.8) is 0 Å². The zero-order valence-corrected chi connectivity index (χ0v) is 21.1. The number of halogens is 1. The molecule has 2 N–H and O–H groups in total. The monoisotopic (exact) mass is 521 g/mol. The fourth-order valence-electron chi connectivity index (χ4n) is 3.66. The second kappa shape index (κ2) is 12.3. The molecule has 0 aliphatic carbocycles. The zero-order chi connectivity index (χ0) is 20.6. The van der Waals surface area contributed by atoms with Gasteiger partial charge in [-0.3, -0.25) is 9.89 Å². The van der Waals surface area contributed by atoms with Gasteiger partial charge in [-0.1, -0.05) is 48.0 Å². The normalized spacial score (nSPS) is 15.5. The molecule has 5 nitrogen and oxygen atoms in total. The lowest BCUT2D eigenvalue weighted by molar-refractivity contribution is 0.148. The molecule has 1 saturated heterocycles. The molecular formula is C24H36IN5. The van der Waals surface area contributed by atoms with E-state index < -0.39 is 0 Å². The van der Waals surface area contributed by atoms with E-state index in [0.29, 0.717) is 0 Å². The number of aliphatic imine (C=N–C) groups is 1. The number of likely N-dealkylation sites (N-methyl/N-ethyl adjacent to an activating group) is 1. The molecule has 0 amide bonds. The van der Waals surface area contributed by atoms with Gasteiger partial charge >= 0.3 is 0 Å². The lowest BCUT2D eigenvalue weighted by Gasteiger charge is -2.32. The van der Waals surface area contributed by atoms with Crippen molar-refractivity contribution in [1.29, 1.82) is 0 Å². The van der Waals surface area contributed by atoms with Gasteiger partial charge in [0.1, 0.15) is 0 Å². The lowest BCUT2D eigenvalue weighted by Crippen LogP contribution is -2.43. The van der Waals surface area contributed by atoms with Gasteiger partial charge < -0.3 is 15.5 Å². The van der Waals surface area contributed by atoms with Gasteiger partial charge in [0.2, 0.25) is 0 Å². The van der Waals surface area contributed by atoms with Crippen LogP contribution in [0, 0.1) is 13.8 Å². The van der Waals surface area contributed by atoms with Crippen molar-refractivity contribution in [2.75, 3.05) is 40.3 Å². The summed E-state index contributed by atoms with van der Waals surface area (Å²) in [7, 11) is 4.01. The molecule has 0 spiro atoms. The Balaban J connectivity index is 0.00000320. The summed E-state index contributed by atoms with van der Waals surface area (Å²) in [5, 5.41) is 6.83. The van der Waals surface area contributed by atoms with Gasteiger partial charge in [-0.15, -0.1) is 24.0 Å². The largest absolute Gasteiger partial charge is 0.352 e.